The summed E-state index contributed by atoms with van der Waals surface area (Å²) in [6, 6.07) is 17.3. The van der Waals surface area contributed by atoms with E-state index in [2.05, 4.69) is 9.97 Å². The third-order valence-electron chi connectivity index (χ3n) is 6.24. The van der Waals surface area contributed by atoms with E-state index in [9.17, 15) is 14.3 Å². The number of nitrogens with zero attached hydrogens (tertiary/aromatic N) is 3. The van der Waals surface area contributed by atoms with E-state index in [-0.39, 0.29) is 24.1 Å². The first-order chi connectivity index (χ1) is 16.1. The highest BCUT2D eigenvalue weighted by Gasteiger charge is 2.29. The number of amides is 1. The monoisotopic (exact) mass is 445 g/mol. The predicted molar refractivity (Wildman–Crippen MR) is 121 cm³/mol. The van der Waals surface area contributed by atoms with E-state index >= 15 is 0 Å². The smallest absolute Gasteiger partial charge is 0.253 e. The van der Waals surface area contributed by atoms with E-state index < -0.39 is 6.10 Å². The minimum Gasteiger partial charge on any atom is -0.440 e. The Labute approximate surface area is 190 Å². The van der Waals surface area contributed by atoms with E-state index in [1.807, 2.05) is 18.2 Å². The lowest BCUT2D eigenvalue weighted by Gasteiger charge is -2.34. The number of rotatable bonds is 5. The summed E-state index contributed by atoms with van der Waals surface area (Å²) in [6.07, 6.45) is 2.72. The average Bonchev–Trinajstić information content (AvgIpc) is 3.27. The maximum absolute atomic E-state index is 13.9. The number of pyridine rings is 1. The SMILES string of the molecule is O=C(c1ccc2nc(Cc3ccccc3F)oc2c1)N1CCC(C(O)c2ccccn2)CC1. The van der Waals surface area contributed by atoms with Gasteiger partial charge in [-0.1, -0.05) is 24.3 Å². The van der Waals surface area contributed by atoms with Gasteiger partial charge in [-0.3, -0.25) is 9.78 Å². The molecule has 168 valence electrons. The molecule has 4 aromatic rings. The molecule has 1 aliphatic heterocycles. The molecule has 0 saturated carbocycles. The van der Waals surface area contributed by atoms with Gasteiger partial charge >= 0.3 is 0 Å². The fraction of sp³-hybridized carbons (Fsp3) is 0.269. The van der Waals surface area contributed by atoms with Gasteiger partial charge in [0.25, 0.3) is 5.91 Å². The highest BCUT2D eigenvalue weighted by molar-refractivity contribution is 5.97. The minimum absolute atomic E-state index is 0.0710. The van der Waals surface area contributed by atoms with Gasteiger partial charge in [-0.05, 0) is 60.7 Å². The van der Waals surface area contributed by atoms with E-state index in [1.54, 1.807) is 47.5 Å². The van der Waals surface area contributed by atoms with Crippen molar-refractivity contribution in [3.8, 4) is 0 Å². The number of hydrogen-bond donors (Lipinski definition) is 1. The van der Waals surface area contributed by atoms with Gasteiger partial charge in [0.2, 0.25) is 0 Å². The molecule has 1 amide bonds. The number of likely N-dealkylation sites (tertiary alicyclic amines) is 1. The molecule has 2 aromatic heterocycles. The number of benzene rings is 2. The molecule has 33 heavy (non-hydrogen) atoms. The molecular weight excluding hydrogens is 421 g/mol. The second kappa shape index (κ2) is 9.11. The number of aliphatic hydroxyl groups is 1. The molecule has 2 aromatic carbocycles. The van der Waals surface area contributed by atoms with Crippen molar-refractivity contribution in [2.24, 2.45) is 5.92 Å². The zero-order chi connectivity index (χ0) is 22.8. The second-order valence-electron chi connectivity index (χ2n) is 8.39. The molecule has 6 nitrogen and oxygen atoms in total. The van der Waals surface area contributed by atoms with Gasteiger partial charge < -0.3 is 14.4 Å². The Morgan fingerprint density at radius 3 is 2.67 bits per heavy atom. The molecule has 1 aliphatic rings. The van der Waals surface area contributed by atoms with Gasteiger partial charge in [0.15, 0.2) is 11.5 Å². The molecule has 7 heteroatoms. The van der Waals surface area contributed by atoms with Crippen LogP contribution in [0.2, 0.25) is 0 Å². The third kappa shape index (κ3) is 4.50. The van der Waals surface area contributed by atoms with Crippen LogP contribution in [0.4, 0.5) is 4.39 Å². The molecule has 0 aliphatic carbocycles. The number of carbonyl (C=O) groups excluding carboxylic acids is 1. The fourth-order valence-electron chi connectivity index (χ4n) is 4.38. The van der Waals surface area contributed by atoms with Crippen molar-refractivity contribution in [3.05, 3.63) is 95.4 Å². The second-order valence-corrected chi connectivity index (χ2v) is 8.39. The Kier molecular flexibility index (Phi) is 5.88. The normalized spacial score (nSPS) is 15.6. The summed E-state index contributed by atoms with van der Waals surface area (Å²) < 4.78 is 19.8. The Morgan fingerprint density at radius 2 is 1.91 bits per heavy atom. The quantitative estimate of drug-likeness (QED) is 0.488. The first-order valence-corrected chi connectivity index (χ1v) is 11.1. The molecule has 1 N–H and O–H groups in total. The standard InChI is InChI=1S/C26H24FN3O3/c27-20-6-2-1-5-18(20)16-24-29-21-9-8-19(15-23(21)33-24)26(32)30-13-10-17(11-14-30)25(31)22-7-3-4-12-28-22/h1-9,12,15,17,25,31H,10-11,13-14,16H2. The summed E-state index contributed by atoms with van der Waals surface area (Å²) in [7, 11) is 0. The number of fused-ring (bicyclic) bond motifs is 1. The highest BCUT2D eigenvalue weighted by atomic mass is 19.1. The fourth-order valence-corrected chi connectivity index (χ4v) is 4.38. The van der Waals surface area contributed by atoms with E-state index in [1.165, 1.54) is 6.07 Å². The molecular formula is C26H24FN3O3. The summed E-state index contributed by atoms with van der Waals surface area (Å²) in [5.41, 5.74) is 2.85. The lowest BCUT2D eigenvalue weighted by Crippen LogP contribution is -2.39. The largest absolute Gasteiger partial charge is 0.440 e. The van der Waals surface area contributed by atoms with Crippen LogP contribution >= 0.6 is 0 Å². The van der Waals surface area contributed by atoms with Gasteiger partial charge in [0.05, 0.1) is 18.2 Å². The van der Waals surface area contributed by atoms with Crippen LogP contribution in [0.5, 0.6) is 0 Å². The number of hydrogen-bond acceptors (Lipinski definition) is 5. The zero-order valence-corrected chi connectivity index (χ0v) is 18.0. The minimum atomic E-state index is -0.623. The van der Waals surface area contributed by atoms with Crippen molar-refractivity contribution < 1.29 is 18.7 Å². The first kappa shape index (κ1) is 21.3. The average molecular weight is 445 g/mol. The van der Waals surface area contributed by atoms with Crippen LogP contribution in [-0.2, 0) is 6.42 Å². The van der Waals surface area contributed by atoms with Crippen molar-refractivity contribution in [2.45, 2.75) is 25.4 Å². The van der Waals surface area contributed by atoms with Gasteiger partial charge in [0, 0.05) is 24.8 Å². The van der Waals surface area contributed by atoms with Gasteiger partial charge in [-0.25, -0.2) is 9.37 Å². The van der Waals surface area contributed by atoms with Crippen molar-refractivity contribution in [3.63, 3.8) is 0 Å². The van der Waals surface area contributed by atoms with Gasteiger partial charge in [0.1, 0.15) is 11.3 Å². The first-order valence-electron chi connectivity index (χ1n) is 11.1. The zero-order valence-electron chi connectivity index (χ0n) is 18.0. The van der Waals surface area contributed by atoms with E-state index in [4.69, 9.17) is 4.42 Å². The maximum Gasteiger partial charge on any atom is 0.253 e. The number of halogens is 1. The van der Waals surface area contributed by atoms with Crippen LogP contribution in [0, 0.1) is 11.7 Å². The number of aliphatic hydroxyl groups excluding tert-OH is 1. The van der Waals surface area contributed by atoms with E-state index in [0.717, 1.165) is 0 Å². The van der Waals surface area contributed by atoms with Gasteiger partial charge in [-0.2, -0.15) is 0 Å². The summed E-state index contributed by atoms with van der Waals surface area (Å²) >= 11 is 0. The Balaban J connectivity index is 1.26. The van der Waals surface area contributed by atoms with Crippen LogP contribution in [0.1, 0.15) is 46.5 Å². The Hall–Kier alpha value is -3.58. The van der Waals surface area contributed by atoms with Crippen LogP contribution in [-0.4, -0.2) is 39.0 Å². The van der Waals surface area contributed by atoms with Crippen LogP contribution in [0.3, 0.4) is 0 Å². The third-order valence-corrected chi connectivity index (χ3v) is 6.24. The van der Waals surface area contributed by atoms with Crippen molar-refractivity contribution >= 4 is 17.0 Å². The molecule has 0 radical (unpaired) electrons. The number of aromatic nitrogens is 2. The molecule has 3 heterocycles. The summed E-state index contributed by atoms with van der Waals surface area (Å²) in [4.78, 5) is 23.6. The Morgan fingerprint density at radius 1 is 1.12 bits per heavy atom. The lowest BCUT2D eigenvalue weighted by molar-refractivity contribution is 0.0447. The number of carbonyl (C=O) groups is 1. The summed E-state index contributed by atoms with van der Waals surface area (Å²) in [5.74, 6) is 0.104. The van der Waals surface area contributed by atoms with Crippen LogP contribution < -0.4 is 0 Å². The number of piperidine rings is 1. The molecule has 1 unspecified atom stereocenters. The maximum atomic E-state index is 13.9. The highest BCUT2D eigenvalue weighted by Crippen LogP contribution is 2.30. The van der Waals surface area contributed by atoms with Crippen LogP contribution in [0.25, 0.3) is 11.1 Å². The van der Waals surface area contributed by atoms with Crippen molar-refractivity contribution in [1.29, 1.82) is 0 Å². The predicted octanol–water partition coefficient (Wildman–Crippen LogP) is 4.54. The molecule has 1 atom stereocenters. The number of oxazole rings is 1. The van der Waals surface area contributed by atoms with Crippen LogP contribution in [0.15, 0.2) is 71.3 Å². The Bertz CT molecular complexity index is 1270. The van der Waals surface area contributed by atoms with Crippen molar-refractivity contribution in [2.75, 3.05) is 13.1 Å². The molecule has 1 fully saturated rings. The molecule has 1 saturated heterocycles. The lowest BCUT2D eigenvalue weighted by atomic mass is 9.89. The molecule has 5 rings (SSSR count). The molecule has 0 bridgehead atoms. The topological polar surface area (TPSA) is 79.5 Å². The van der Waals surface area contributed by atoms with Crippen molar-refractivity contribution in [1.82, 2.24) is 14.9 Å². The van der Waals surface area contributed by atoms with Gasteiger partial charge in [-0.15, -0.1) is 0 Å². The summed E-state index contributed by atoms with van der Waals surface area (Å²) in [5, 5.41) is 10.6. The molecule has 0 spiro atoms. The summed E-state index contributed by atoms with van der Waals surface area (Å²) in [6.45, 7) is 1.14. The van der Waals surface area contributed by atoms with E-state index in [0.29, 0.717) is 59.7 Å².